The Bertz CT molecular complexity index is 486. The lowest BCUT2D eigenvalue weighted by molar-refractivity contribution is -0.117. The first-order chi connectivity index (χ1) is 11.1. The molecule has 0 aromatic rings. The van der Waals surface area contributed by atoms with Crippen molar-refractivity contribution in [3.63, 3.8) is 0 Å². The van der Waals surface area contributed by atoms with Crippen molar-refractivity contribution < 1.29 is 19.8 Å². The number of Topliss-reactive ketones (excluding diaryl/α,β-unsaturated/α-hetero) is 2. The van der Waals surface area contributed by atoms with E-state index in [9.17, 15) is 19.8 Å². The van der Waals surface area contributed by atoms with Crippen LogP contribution in [0.15, 0.2) is 22.3 Å². The highest BCUT2D eigenvalue weighted by molar-refractivity contribution is 6.25. The average Bonchev–Trinajstić information content (AvgIpc) is 2.55. The lowest BCUT2D eigenvalue weighted by Gasteiger charge is -2.20. The number of carbonyl (C=O) groups is 2. The second kappa shape index (κ2) is 10.5. The van der Waals surface area contributed by atoms with E-state index in [0.717, 1.165) is 19.3 Å². The van der Waals surface area contributed by atoms with E-state index in [1.165, 1.54) is 32.1 Å². The third-order valence-corrected chi connectivity index (χ3v) is 4.58. The first kappa shape index (κ1) is 19.8. The summed E-state index contributed by atoms with van der Waals surface area (Å²) in [6.07, 6.45) is 10.00. The molecule has 0 aromatic carbocycles. The molecule has 0 unspecified atom stereocenters. The van der Waals surface area contributed by atoms with Gasteiger partial charge in [0.05, 0.1) is 13.2 Å². The fourth-order valence-electron chi connectivity index (χ4n) is 3.06. The predicted molar refractivity (Wildman–Crippen MR) is 91.1 cm³/mol. The van der Waals surface area contributed by atoms with Gasteiger partial charge in [-0.3, -0.25) is 9.59 Å². The molecule has 0 saturated carbocycles. The van der Waals surface area contributed by atoms with E-state index in [4.69, 9.17) is 0 Å². The van der Waals surface area contributed by atoms with Crippen molar-refractivity contribution in [2.45, 2.75) is 71.6 Å². The molecule has 23 heavy (non-hydrogen) atoms. The summed E-state index contributed by atoms with van der Waals surface area (Å²) in [4.78, 5) is 24.6. The number of rotatable bonds is 11. The second-order valence-corrected chi connectivity index (χ2v) is 6.26. The third kappa shape index (κ3) is 5.40. The molecular weight excluding hydrogens is 292 g/mol. The first-order valence-electron chi connectivity index (χ1n) is 8.81. The molecule has 4 heteroatoms. The summed E-state index contributed by atoms with van der Waals surface area (Å²) in [5.41, 5.74) is 1.06. The maximum Gasteiger partial charge on any atom is 0.188 e. The zero-order valence-electron chi connectivity index (χ0n) is 14.5. The van der Waals surface area contributed by atoms with Crippen molar-refractivity contribution in [1.29, 1.82) is 0 Å². The smallest absolute Gasteiger partial charge is 0.188 e. The van der Waals surface area contributed by atoms with Crippen LogP contribution in [-0.2, 0) is 9.59 Å². The third-order valence-electron chi connectivity index (χ3n) is 4.58. The Morgan fingerprint density at radius 1 is 0.696 bits per heavy atom. The highest BCUT2D eigenvalue weighted by atomic mass is 16.3. The number of hydrogen-bond acceptors (Lipinski definition) is 4. The summed E-state index contributed by atoms with van der Waals surface area (Å²) in [5.74, 6) is -0.567. The topological polar surface area (TPSA) is 74.6 Å². The summed E-state index contributed by atoms with van der Waals surface area (Å²) in [6.45, 7) is 2.86. The van der Waals surface area contributed by atoms with Gasteiger partial charge in [0.15, 0.2) is 11.6 Å². The zero-order valence-corrected chi connectivity index (χ0v) is 14.5. The highest BCUT2D eigenvalue weighted by Crippen LogP contribution is 2.27. The first-order valence-corrected chi connectivity index (χ1v) is 8.81. The van der Waals surface area contributed by atoms with Gasteiger partial charge in [-0.25, -0.2) is 0 Å². The van der Waals surface area contributed by atoms with Gasteiger partial charge >= 0.3 is 0 Å². The van der Waals surface area contributed by atoms with Crippen LogP contribution in [0.2, 0.25) is 0 Å². The van der Waals surface area contributed by atoms with Crippen molar-refractivity contribution in [2.24, 2.45) is 0 Å². The Morgan fingerprint density at radius 2 is 1.17 bits per heavy atom. The molecule has 0 atom stereocenters. The molecule has 0 radical (unpaired) electrons. The fraction of sp³-hybridized carbons (Fsp3) is 0.684. The summed E-state index contributed by atoms with van der Waals surface area (Å²) in [5, 5.41) is 18.6. The molecule has 0 aromatic heterocycles. The lowest BCUT2D eigenvalue weighted by atomic mass is 9.83. The van der Waals surface area contributed by atoms with Gasteiger partial charge in [0.25, 0.3) is 0 Å². The molecule has 0 bridgehead atoms. The zero-order chi connectivity index (χ0) is 17.2. The Balaban J connectivity index is 2.49. The molecule has 1 rings (SSSR count). The van der Waals surface area contributed by atoms with E-state index >= 15 is 0 Å². The number of aliphatic hydroxyl groups is 2. The Morgan fingerprint density at radius 3 is 1.70 bits per heavy atom. The molecule has 0 saturated heterocycles. The molecular formula is C19H30O4. The Hall–Kier alpha value is -1.26. The summed E-state index contributed by atoms with van der Waals surface area (Å²) in [7, 11) is 0. The van der Waals surface area contributed by atoms with E-state index in [0.29, 0.717) is 17.6 Å². The molecule has 0 heterocycles. The van der Waals surface area contributed by atoms with Crippen LogP contribution in [0.25, 0.3) is 0 Å². The van der Waals surface area contributed by atoms with Gasteiger partial charge in [0.2, 0.25) is 0 Å². The molecule has 0 amide bonds. The molecule has 1 aliphatic rings. The number of allylic oxidation sites excluding steroid dienone is 2. The number of unbranched alkanes of at least 4 members (excludes halogenated alkanes) is 7. The second-order valence-electron chi connectivity index (χ2n) is 6.26. The standard InChI is InChI=1S/C19H30O4/c1-3-4-5-6-7-8-9-10-11-15-14(2)18(22)16(12-20)17(13-21)19(15)23/h20-21H,3-13H2,1-2H3. The maximum absolute atomic E-state index is 12.4. The minimum Gasteiger partial charge on any atom is -0.392 e. The SMILES string of the molecule is CCCCCCCCCCC1=C(C)C(=O)C(CO)=C(CO)C1=O. The van der Waals surface area contributed by atoms with Gasteiger partial charge < -0.3 is 10.2 Å². The van der Waals surface area contributed by atoms with Crippen LogP contribution in [0.5, 0.6) is 0 Å². The van der Waals surface area contributed by atoms with Gasteiger partial charge in [0, 0.05) is 22.3 Å². The van der Waals surface area contributed by atoms with E-state index in [2.05, 4.69) is 6.92 Å². The van der Waals surface area contributed by atoms with Crippen molar-refractivity contribution in [3.05, 3.63) is 22.3 Å². The monoisotopic (exact) mass is 322 g/mol. The molecule has 130 valence electrons. The van der Waals surface area contributed by atoms with Crippen LogP contribution < -0.4 is 0 Å². The molecule has 4 nitrogen and oxygen atoms in total. The summed E-state index contributed by atoms with van der Waals surface area (Å²) in [6, 6.07) is 0. The largest absolute Gasteiger partial charge is 0.392 e. The van der Waals surface area contributed by atoms with Crippen molar-refractivity contribution >= 4 is 11.6 Å². The minimum absolute atomic E-state index is 0.0506. The van der Waals surface area contributed by atoms with Crippen LogP contribution in [0, 0.1) is 0 Å². The lowest BCUT2D eigenvalue weighted by Crippen LogP contribution is -2.26. The number of ketones is 2. The van der Waals surface area contributed by atoms with Gasteiger partial charge in [-0.05, 0) is 19.8 Å². The average molecular weight is 322 g/mol. The van der Waals surface area contributed by atoms with Gasteiger partial charge in [0.1, 0.15) is 0 Å². The normalized spacial score (nSPS) is 15.8. The predicted octanol–water partition coefficient (Wildman–Crippen LogP) is 3.27. The summed E-state index contributed by atoms with van der Waals surface area (Å²) < 4.78 is 0. The fourth-order valence-corrected chi connectivity index (χ4v) is 3.06. The summed E-state index contributed by atoms with van der Waals surface area (Å²) >= 11 is 0. The van der Waals surface area contributed by atoms with E-state index < -0.39 is 13.2 Å². The molecule has 0 spiro atoms. The Labute approximate surface area is 139 Å². The number of aliphatic hydroxyl groups excluding tert-OH is 2. The molecule has 2 N–H and O–H groups in total. The number of hydrogen-bond donors (Lipinski definition) is 2. The van der Waals surface area contributed by atoms with E-state index in [1.807, 2.05) is 0 Å². The quantitative estimate of drug-likeness (QED) is 0.452. The van der Waals surface area contributed by atoms with Crippen LogP contribution >= 0.6 is 0 Å². The van der Waals surface area contributed by atoms with Crippen molar-refractivity contribution in [3.8, 4) is 0 Å². The molecule has 0 fully saturated rings. The molecule has 0 aliphatic heterocycles. The van der Waals surface area contributed by atoms with Crippen LogP contribution in [0.1, 0.15) is 71.6 Å². The van der Waals surface area contributed by atoms with Gasteiger partial charge in [-0.15, -0.1) is 0 Å². The van der Waals surface area contributed by atoms with Crippen molar-refractivity contribution in [2.75, 3.05) is 13.2 Å². The Kier molecular flexibility index (Phi) is 9.03. The highest BCUT2D eigenvalue weighted by Gasteiger charge is 2.30. The van der Waals surface area contributed by atoms with Gasteiger partial charge in [-0.1, -0.05) is 51.9 Å². The van der Waals surface area contributed by atoms with Gasteiger partial charge in [-0.2, -0.15) is 0 Å². The van der Waals surface area contributed by atoms with Crippen LogP contribution in [0.3, 0.4) is 0 Å². The van der Waals surface area contributed by atoms with Crippen LogP contribution in [0.4, 0.5) is 0 Å². The van der Waals surface area contributed by atoms with Crippen molar-refractivity contribution in [1.82, 2.24) is 0 Å². The van der Waals surface area contributed by atoms with E-state index in [-0.39, 0.29) is 22.7 Å². The number of carbonyl (C=O) groups excluding carboxylic acids is 2. The molecule has 1 aliphatic carbocycles. The van der Waals surface area contributed by atoms with E-state index in [1.54, 1.807) is 6.92 Å². The van der Waals surface area contributed by atoms with Crippen LogP contribution in [-0.4, -0.2) is 35.0 Å². The minimum atomic E-state index is -0.497. The maximum atomic E-state index is 12.4.